The Hall–Kier alpha value is -1.05. The maximum atomic E-state index is 12.1. The van der Waals surface area contributed by atoms with E-state index >= 15 is 0 Å². The van der Waals surface area contributed by atoms with Gasteiger partial charge in [-0.25, -0.2) is 8.42 Å². The van der Waals surface area contributed by atoms with E-state index in [0.29, 0.717) is 23.7 Å². The fraction of sp³-hybridized carbons (Fsp3) is 0.389. The van der Waals surface area contributed by atoms with Crippen molar-refractivity contribution in [2.75, 3.05) is 23.0 Å². The number of hydrogen-bond donors (Lipinski definition) is 0. The van der Waals surface area contributed by atoms with Crippen molar-refractivity contribution in [3.63, 3.8) is 0 Å². The van der Waals surface area contributed by atoms with Crippen molar-refractivity contribution in [1.82, 2.24) is 0 Å². The summed E-state index contributed by atoms with van der Waals surface area (Å²) in [6.07, 6.45) is 0.660. The van der Waals surface area contributed by atoms with Crippen molar-refractivity contribution in [1.29, 1.82) is 0 Å². The first kappa shape index (κ1) is 18.7. The average Bonchev–Trinajstić information content (AvgIpc) is 2.61. The zero-order valence-corrected chi connectivity index (χ0v) is 17.1. The fourth-order valence-electron chi connectivity index (χ4n) is 2.80. The third-order valence-corrected chi connectivity index (χ3v) is 9.82. The minimum Gasteiger partial charge on any atom is -0.425 e. The normalized spacial score (nSPS) is 18.8. The summed E-state index contributed by atoms with van der Waals surface area (Å²) >= 11 is 3.32. The van der Waals surface area contributed by atoms with Crippen molar-refractivity contribution in [2.24, 2.45) is 0 Å². The van der Waals surface area contributed by atoms with Gasteiger partial charge in [-0.15, -0.1) is 0 Å². The minimum atomic E-state index is -2.88. The number of sulfone groups is 1. The Labute approximate surface area is 159 Å². The number of ether oxygens (including phenoxy) is 1. The summed E-state index contributed by atoms with van der Waals surface area (Å²) in [6.45, 7) is 1.92. The van der Waals surface area contributed by atoms with Crippen molar-refractivity contribution in [3.05, 3.63) is 36.4 Å². The maximum absolute atomic E-state index is 12.1. The van der Waals surface area contributed by atoms with Gasteiger partial charge >= 0.3 is 5.97 Å². The molecule has 1 aliphatic heterocycles. The van der Waals surface area contributed by atoms with Crippen molar-refractivity contribution in [2.45, 2.75) is 23.1 Å². The highest BCUT2D eigenvalue weighted by molar-refractivity contribution is 9.10. The van der Waals surface area contributed by atoms with Gasteiger partial charge in [0.2, 0.25) is 0 Å². The number of hydrogen-bond acceptors (Lipinski definition) is 4. The molecule has 3 rings (SSSR count). The van der Waals surface area contributed by atoms with Crippen LogP contribution in [0.15, 0.2) is 41.3 Å². The zero-order valence-electron chi connectivity index (χ0n) is 13.9. The summed E-state index contributed by atoms with van der Waals surface area (Å²) < 4.78 is 29.0. The van der Waals surface area contributed by atoms with Gasteiger partial charge in [0.15, 0.2) is 14.7 Å². The number of carbonyl (C=O) groups excluding carboxylic acids is 1. The molecule has 2 aromatic rings. The van der Waals surface area contributed by atoms with Crippen molar-refractivity contribution >= 4 is 53.4 Å². The molecule has 7 heteroatoms. The van der Waals surface area contributed by atoms with Crippen LogP contribution in [0.3, 0.4) is 0 Å². The lowest BCUT2D eigenvalue weighted by atomic mass is 10.1. The van der Waals surface area contributed by atoms with E-state index in [1.807, 2.05) is 43.3 Å². The van der Waals surface area contributed by atoms with E-state index in [0.717, 1.165) is 15.7 Å². The predicted molar refractivity (Wildman–Crippen MR) is 107 cm³/mol. The standard InChI is InChI=1S/C18H20BrO4S2/c1-2-15(19)18(20)23-16-7-8-17(14-6-4-3-5-13(14)16)24-9-11-25(21,22)12-10-24/h3-8,15H,2,9-12H2,1H3/q+1. The fourth-order valence-corrected chi connectivity index (χ4v) is 8.13. The molecule has 0 saturated carbocycles. The summed E-state index contributed by atoms with van der Waals surface area (Å²) in [5.74, 6) is 2.10. The summed E-state index contributed by atoms with van der Waals surface area (Å²) in [5.41, 5.74) is 0. The molecule has 0 aromatic heterocycles. The van der Waals surface area contributed by atoms with Crippen molar-refractivity contribution < 1.29 is 17.9 Å². The molecule has 2 aromatic carbocycles. The Morgan fingerprint density at radius 3 is 2.44 bits per heavy atom. The molecule has 134 valence electrons. The summed E-state index contributed by atoms with van der Waals surface area (Å²) in [5, 5.41) is 1.93. The molecule has 1 fully saturated rings. The van der Waals surface area contributed by atoms with Crippen LogP contribution in [0.5, 0.6) is 5.75 Å². The number of fused-ring (bicyclic) bond motifs is 1. The average molecular weight is 444 g/mol. The lowest BCUT2D eigenvalue weighted by Gasteiger charge is -2.17. The van der Waals surface area contributed by atoms with Crippen molar-refractivity contribution in [3.8, 4) is 5.75 Å². The molecule has 4 nitrogen and oxygen atoms in total. The summed E-state index contributed by atoms with van der Waals surface area (Å²) in [4.78, 5) is 13.0. The highest BCUT2D eigenvalue weighted by Gasteiger charge is 2.34. The van der Waals surface area contributed by atoms with Gasteiger partial charge in [-0.2, -0.15) is 0 Å². The summed E-state index contributed by atoms with van der Waals surface area (Å²) in [6, 6.07) is 11.7. The Kier molecular flexibility index (Phi) is 5.75. The van der Waals surface area contributed by atoms with E-state index in [4.69, 9.17) is 4.74 Å². The van der Waals surface area contributed by atoms with E-state index in [2.05, 4.69) is 15.9 Å². The van der Waals surface area contributed by atoms with Crippen LogP contribution in [0.25, 0.3) is 10.8 Å². The number of rotatable bonds is 4. The van der Waals surface area contributed by atoms with Gasteiger partial charge in [0.25, 0.3) is 0 Å². The van der Waals surface area contributed by atoms with Gasteiger partial charge in [0.1, 0.15) is 22.1 Å². The van der Waals surface area contributed by atoms with Crippen LogP contribution < -0.4 is 4.74 Å². The maximum Gasteiger partial charge on any atom is 0.325 e. The molecule has 1 unspecified atom stereocenters. The molecule has 0 bridgehead atoms. The Morgan fingerprint density at radius 2 is 1.80 bits per heavy atom. The zero-order chi connectivity index (χ0) is 18.0. The highest BCUT2D eigenvalue weighted by atomic mass is 79.9. The first-order valence-electron chi connectivity index (χ1n) is 8.16. The number of alkyl halides is 1. The molecule has 1 atom stereocenters. The predicted octanol–water partition coefficient (Wildman–Crippen LogP) is 3.32. The monoisotopic (exact) mass is 443 g/mol. The lowest BCUT2D eigenvalue weighted by Crippen LogP contribution is -2.32. The van der Waals surface area contributed by atoms with E-state index in [1.54, 1.807) is 0 Å². The molecule has 0 spiro atoms. The second-order valence-electron chi connectivity index (χ2n) is 5.96. The van der Waals surface area contributed by atoms with E-state index < -0.39 is 9.84 Å². The van der Waals surface area contributed by atoms with Gasteiger partial charge < -0.3 is 4.74 Å². The van der Waals surface area contributed by atoms with Crippen LogP contribution in [0.1, 0.15) is 13.3 Å². The van der Waals surface area contributed by atoms with Gasteiger partial charge in [-0.05, 0) is 24.6 Å². The molecule has 0 amide bonds. The number of halogens is 1. The van der Waals surface area contributed by atoms with Gasteiger partial charge in [0.05, 0.1) is 11.5 Å². The minimum absolute atomic E-state index is 0.0895. The largest absolute Gasteiger partial charge is 0.425 e. The SMILES string of the molecule is CCC(Br)C(=O)Oc1ccc([S+]2CCS(=O)(=O)CC2)c2ccccc12. The third kappa shape index (κ3) is 4.20. The Morgan fingerprint density at radius 1 is 1.16 bits per heavy atom. The van der Waals surface area contributed by atoms with Crippen LogP contribution in [-0.4, -0.2) is 42.2 Å². The van der Waals surface area contributed by atoms with Crippen LogP contribution in [0.4, 0.5) is 0 Å². The molecule has 1 saturated heterocycles. The van der Waals surface area contributed by atoms with E-state index in [-0.39, 0.29) is 33.2 Å². The van der Waals surface area contributed by atoms with Gasteiger partial charge in [-0.3, -0.25) is 4.79 Å². The molecule has 0 aliphatic carbocycles. The number of benzene rings is 2. The molecule has 1 heterocycles. The molecule has 1 aliphatic rings. The molecular formula is C18H20BrO4S2+. The smallest absolute Gasteiger partial charge is 0.325 e. The molecular weight excluding hydrogens is 424 g/mol. The van der Waals surface area contributed by atoms with Gasteiger partial charge in [-0.1, -0.05) is 41.1 Å². The quantitative estimate of drug-likeness (QED) is 0.314. The number of esters is 1. The second-order valence-corrected chi connectivity index (χ2v) is 11.6. The first-order valence-corrected chi connectivity index (χ1v) is 12.5. The Balaban J connectivity index is 1.95. The van der Waals surface area contributed by atoms with E-state index in [9.17, 15) is 13.2 Å². The van der Waals surface area contributed by atoms with Crippen LogP contribution >= 0.6 is 15.9 Å². The van der Waals surface area contributed by atoms with Crippen LogP contribution in [0, 0.1) is 0 Å². The van der Waals surface area contributed by atoms with E-state index in [1.165, 1.54) is 0 Å². The topological polar surface area (TPSA) is 60.4 Å². The lowest BCUT2D eigenvalue weighted by molar-refractivity contribution is -0.133. The second kappa shape index (κ2) is 7.68. The third-order valence-electron chi connectivity index (χ3n) is 4.26. The molecule has 0 radical (unpaired) electrons. The first-order chi connectivity index (χ1) is 11.9. The van der Waals surface area contributed by atoms with Crippen LogP contribution in [-0.2, 0) is 25.5 Å². The summed E-state index contributed by atoms with van der Waals surface area (Å²) in [7, 11) is -2.97. The molecule has 0 N–H and O–H groups in total. The van der Waals surface area contributed by atoms with Crippen LogP contribution in [0.2, 0.25) is 0 Å². The number of carbonyl (C=O) groups is 1. The van der Waals surface area contributed by atoms with Gasteiger partial charge in [0, 0.05) is 21.7 Å². The molecule has 25 heavy (non-hydrogen) atoms. The Bertz CT molecular complexity index is 881. The highest BCUT2D eigenvalue weighted by Crippen LogP contribution is 2.34.